The first-order valence-electron chi connectivity index (χ1n) is 11.2. The van der Waals surface area contributed by atoms with E-state index in [1.54, 1.807) is 0 Å². The monoisotopic (exact) mass is 430 g/mol. The molecule has 0 unspecified atom stereocenters. The van der Waals surface area contributed by atoms with Crippen molar-refractivity contribution in [3.63, 3.8) is 0 Å². The molecule has 0 aromatic heterocycles. The Labute approximate surface area is 190 Å². The molecule has 4 rings (SSSR count). The number of ether oxygens (including phenoxy) is 2. The molecule has 0 spiro atoms. The zero-order valence-electron chi connectivity index (χ0n) is 18.3. The predicted octanol–water partition coefficient (Wildman–Crippen LogP) is 4.04. The standard InChI is InChI=1S/C27H30N2O3/c30-27(25-4-2-1-3-5-25)28-15-14-22-6-8-23(9-7-22)24-10-12-26(13-11-24)32-21-18-29-16-19-31-20-17-29/h1-13H,14-21H2,(H,28,30). The smallest absolute Gasteiger partial charge is 0.251 e. The minimum absolute atomic E-state index is 0.0329. The van der Waals surface area contributed by atoms with Crippen LogP contribution in [0.3, 0.4) is 0 Å². The molecule has 3 aromatic carbocycles. The molecule has 166 valence electrons. The molecule has 1 aliphatic heterocycles. The van der Waals surface area contributed by atoms with Crippen LogP contribution in [-0.2, 0) is 11.2 Å². The molecule has 1 N–H and O–H groups in total. The molecular weight excluding hydrogens is 400 g/mol. The molecule has 1 saturated heterocycles. The summed E-state index contributed by atoms with van der Waals surface area (Å²) in [6, 6.07) is 26.1. The second-order valence-electron chi connectivity index (χ2n) is 7.90. The normalized spacial score (nSPS) is 14.1. The number of hydrogen-bond acceptors (Lipinski definition) is 4. The van der Waals surface area contributed by atoms with Crippen molar-refractivity contribution in [2.45, 2.75) is 6.42 Å². The van der Waals surface area contributed by atoms with E-state index in [-0.39, 0.29) is 5.91 Å². The Morgan fingerprint density at radius 2 is 1.53 bits per heavy atom. The van der Waals surface area contributed by atoms with Gasteiger partial charge in [0.05, 0.1) is 13.2 Å². The average molecular weight is 431 g/mol. The van der Waals surface area contributed by atoms with Gasteiger partial charge in [-0.3, -0.25) is 9.69 Å². The molecule has 1 aliphatic rings. The number of rotatable bonds is 9. The van der Waals surface area contributed by atoms with Crippen molar-refractivity contribution in [1.29, 1.82) is 0 Å². The van der Waals surface area contributed by atoms with Crippen LogP contribution in [0.2, 0.25) is 0 Å². The molecule has 0 aliphatic carbocycles. The molecule has 3 aromatic rings. The second-order valence-corrected chi connectivity index (χ2v) is 7.90. The van der Waals surface area contributed by atoms with Gasteiger partial charge in [-0.1, -0.05) is 54.6 Å². The topological polar surface area (TPSA) is 50.8 Å². The Bertz CT molecular complexity index is 966. The minimum Gasteiger partial charge on any atom is -0.492 e. The van der Waals surface area contributed by atoms with Gasteiger partial charge in [0, 0.05) is 31.7 Å². The number of benzene rings is 3. The molecular formula is C27H30N2O3. The summed E-state index contributed by atoms with van der Waals surface area (Å²) in [5.41, 5.74) is 4.22. The van der Waals surface area contributed by atoms with Gasteiger partial charge in [-0.05, 0) is 47.4 Å². The maximum Gasteiger partial charge on any atom is 0.251 e. The lowest BCUT2D eigenvalue weighted by molar-refractivity contribution is 0.0322. The van der Waals surface area contributed by atoms with Crippen LogP contribution in [0.1, 0.15) is 15.9 Å². The van der Waals surface area contributed by atoms with Gasteiger partial charge in [-0.15, -0.1) is 0 Å². The molecule has 0 atom stereocenters. The number of carbonyl (C=O) groups excluding carboxylic acids is 1. The fourth-order valence-electron chi connectivity index (χ4n) is 3.74. The third-order valence-electron chi connectivity index (χ3n) is 5.66. The Hall–Kier alpha value is -3.15. The lowest BCUT2D eigenvalue weighted by Gasteiger charge is -2.26. The average Bonchev–Trinajstić information content (AvgIpc) is 2.86. The number of hydrogen-bond donors (Lipinski definition) is 1. The van der Waals surface area contributed by atoms with Gasteiger partial charge in [-0.25, -0.2) is 0 Å². The van der Waals surface area contributed by atoms with Gasteiger partial charge in [0.15, 0.2) is 0 Å². The van der Waals surface area contributed by atoms with Crippen LogP contribution < -0.4 is 10.1 Å². The van der Waals surface area contributed by atoms with Crippen LogP contribution in [-0.4, -0.2) is 56.8 Å². The summed E-state index contributed by atoms with van der Waals surface area (Å²) >= 11 is 0. The zero-order chi connectivity index (χ0) is 22.0. The predicted molar refractivity (Wildman–Crippen MR) is 127 cm³/mol. The SMILES string of the molecule is O=C(NCCc1ccc(-c2ccc(OCCN3CCOCC3)cc2)cc1)c1ccccc1. The van der Waals surface area contributed by atoms with Crippen molar-refractivity contribution < 1.29 is 14.3 Å². The number of carbonyl (C=O) groups is 1. The molecule has 0 radical (unpaired) electrons. The Kier molecular flexibility index (Phi) is 7.90. The van der Waals surface area contributed by atoms with E-state index in [0.717, 1.165) is 50.6 Å². The molecule has 1 fully saturated rings. The fourth-order valence-corrected chi connectivity index (χ4v) is 3.74. The van der Waals surface area contributed by atoms with Crippen molar-refractivity contribution in [1.82, 2.24) is 10.2 Å². The number of amides is 1. The van der Waals surface area contributed by atoms with E-state index in [1.807, 2.05) is 42.5 Å². The summed E-state index contributed by atoms with van der Waals surface area (Å²) in [6.07, 6.45) is 0.800. The van der Waals surface area contributed by atoms with Gasteiger partial charge in [-0.2, -0.15) is 0 Å². The highest BCUT2D eigenvalue weighted by molar-refractivity contribution is 5.94. The molecule has 32 heavy (non-hydrogen) atoms. The molecule has 5 heteroatoms. The van der Waals surface area contributed by atoms with Gasteiger partial charge >= 0.3 is 0 Å². The van der Waals surface area contributed by atoms with Crippen LogP contribution in [0.15, 0.2) is 78.9 Å². The Balaban J connectivity index is 1.22. The number of nitrogens with one attached hydrogen (secondary N) is 1. The van der Waals surface area contributed by atoms with Gasteiger partial charge in [0.1, 0.15) is 12.4 Å². The first kappa shape index (κ1) is 22.1. The van der Waals surface area contributed by atoms with Crippen LogP contribution in [0, 0.1) is 0 Å². The third-order valence-corrected chi connectivity index (χ3v) is 5.66. The first-order valence-corrected chi connectivity index (χ1v) is 11.2. The Morgan fingerprint density at radius 3 is 2.22 bits per heavy atom. The molecule has 5 nitrogen and oxygen atoms in total. The highest BCUT2D eigenvalue weighted by atomic mass is 16.5. The summed E-state index contributed by atoms with van der Waals surface area (Å²) in [7, 11) is 0. The summed E-state index contributed by atoms with van der Waals surface area (Å²) in [4.78, 5) is 14.5. The third kappa shape index (κ3) is 6.42. The summed E-state index contributed by atoms with van der Waals surface area (Å²) < 4.78 is 11.3. The summed E-state index contributed by atoms with van der Waals surface area (Å²) in [5.74, 6) is 0.863. The van der Waals surface area contributed by atoms with Crippen LogP contribution in [0.4, 0.5) is 0 Å². The maximum absolute atomic E-state index is 12.1. The zero-order valence-corrected chi connectivity index (χ0v) is 18.3. The summed E-state index contributed by atoms with van der Waals surface area (Å²) in [6.45, 7) is 5.83. The molecule has 1 amide bonds. The lowest BCUT2D eigenvalue weighted by atomic mass is 10.0. The van der Waals surface area contributed by atoms with E-state index >= 15 is 0 Å². The van der Waals surface area contributed by atoms with Gasteiger partial charge < -0.3 is 14.8 Å². The largest absolute Gasteiger partial charge is 0.492 e. The van der Waals surface area contributed by atoms with Crippen LogP contribution in [0.5, 0.6) is 5.75 Å². The van der Waals surface area contributed by atoms with E-state index < -0.39 is 0 Å². The molecule has 0 saturated carbocycles. The van der Waals surface area contributed by atoms with Crippen LogP contribution in [0.25, 0.3) is 11.1 Å². The Morgan fingerprint density at radius 1 is 0.875 bits per heavy atom. The van der Waals surface area contributed by atoms with Crippen molar-refractivity contribution in [2.24, 2.45) is 0 Å². The van der Waals surface area contributed by atoms with Crippen molar-refractivity contribution in [2.75, 3.05) is 46.0 Å². The van der Waals surface area contributed by atoms with Gasteiger partial charge in [0.25, 0.3) is 5.91 Å². The fraction of sp³-hybridized carbons (Fsp3) is 0.296. The van der Waals surface area contributed by atoms with Crippen molar-refractivity contribution >= 4 is 5.91 Å². The first-order chi connectivity index (χ1) is 15.8. The van der Waals surface area contributed by atoms with E-state index in [0.29, 0.717) is 18.7 Å². The molecule has 1 heterocycles. The van der Waals surface area contributed by atoms with E-state index in [9.17, 15) is 4.79 Å². The highest BCUT2D eigenvalue weighted by Crippen LogP contribution is 2.23. The van der Waals surface area contributed by atoms with E-state index in [2.05, 4.69) is 46.6 Å². The van der Waals surface area contributed by atoms with Crippen molar-refractivity contribution in [3.8, 4) is 16.9 Å². The summed E-state index contributed by atoms with van der Waals surface area (Å²) in [5, 5.41) is 2.98. The van der Waals surface area contributed by atoms with E-state index in [1.165, 1.54) is 11.1 Å². The number of nitrogens with zero attached hydrogens (tertiary/aromatic N) is 1. The van der Waals surface area contributed by atoms with Crippen LogP contribution >= 0.6 is 0 Å². The molecule has 0 bridgehead atoms. The van der Waals surface area contributed by atoms with Crippen molar-refractivity contribution in [3.05, 3.63) is 90.0 Å². The van der Waals surface area contributed by atoms with Gasteiger partial charge in [0.2, 0.25) is 0 Å². The minimum atomic E-state index is -0.0329. The van der Waals surface area contributed by atoms with E-state index in [4.69, 9.17) is 9.47 Å². The quantitative estimate of drug-likeness (QED) is 0.557. The lowest BCUT2D eigenvalue weighted by Crippen LogP contribution is -2.38. The highest BCUT2D eigenvalue weighted by Gasteiger charge is 2.10. The maximum atomic E-state index is 12.1. The number of morpholine rings is 1. The second kappa shape index (κ2) is 11.5.